The van der Waals surface area contributed by atoms with Crippen molar-refractivity contribution in [3.8, 4) is 0 Å². The van der Waals surface area contributed by atoms with Crippen LogP contribution in [0.25, 0.3) is 0 Å². The number of carboxylic acid groups (broad SMARTS) is 1. The predicted octanol–water partition coefficient (Wildman–Crippen LogP) is -1.70. The molecule has 1 fully saturated rings. The van der Waals surface area contributed by atoms with Crippen LogP contribution in [0.15, 0.2) is 0 Å². The first-order valence-electron chi connectivity index (χ1n) is 4.48. The molecule has 0 radical (unpaired) electrons. The zero-order valence-corrected chi connectivity index (χ0v) is 7.69. The molecule has 1 saturated heterocycles. The van der Waals surface area contributed by atoms with Crippen LogP contribution in [0.5, 0.6) is 0 Å². The van der Waals surface area contributed by atoms with Gasteiger partial charge in [0.25, 0.3) is 0 Å². The summed E-state index contributed by atoms with van der Waals surface area (Å²) in [7, 11) is 0. The van der Waals surface area contributed by atoms with E-state index in [1.165, 1.54) is 0 Å². The lowest BCUT2D eigenvalue weighted by Crippen LogP contribution is -2.37. The Hall–Kier alpha value is -1.14. The molecular formula is C8H14N2O4. The number of aliphatic hydroxyl groups is 1. The highest BCUT2D eigenvalue weighted by atomic mass is 16.4. The van der Waals surface area contributed by atoms with Gasteiger partial charge in [0.2, 0.25) is 5.91 Å². The number of aliphatic carboxylic acids is 1. The number of amides is 1. The van der Waals surface area contributed by atoms with Crippen molar-refractivity contribution in [1.29, 1.82) is 0 Å². The summed E-state index contributed by atoms with van der Waals surface area (Å²) in [5.74, 6) is -1.05. The largest absolute Gasteiger partial charge is 0.481 e. The Morgan fingerprint density at radius 1 is 1.71 bits per heavy atom. The Balaban J connectivity index is 2.14. The van der Waals surface area contributed by atoms with Gasteiger partial charge in [0, 0.05) is 25.6 Å². The minimum atomic E-state index is -1.03. The first kappa shape index (κ1) is 10.9. The molecule has 1 heterocycles. The maximum absolute atomic E-state index is 10.8. The maximum atomic E-state index is 10.8. The Labute approximate surface area is 81.3 Å². The molecule has 80 valence electrons. The second kappa shape index (κ2) is 4.92. The number of nitrogens with one attached hydrogen (secondary N) is 2. The van der Waals surface area contributed by atoms with Crippen molar-refractivity contribution >= 4 is 11.9 Å². The van der Waals surface area contributed by atoms with Gasteiger partial charge in [-0.3, -0.25) is 9.59 Å². The van der Waals surface area contributed by atoms with E-state index in [-0.39, 0.29) is 24.9 Å². The van der Waals surface area contributed by atoms with Crippen LogP contribution in [0.1, 0.15) is 12.8 Å². The Morgan fingerprint density at radius 3 is 2.93 bits per heavy atom. The molecule has 1 amide bonds. The van der Waals surface area contributed by atoms with Gasteiger partial charge < -0.3 is 20.8 Å². The van der Waals surface area contributed by atoms with Crippen molar-refractivity contribution in [2.45, 2.75) is 25.0 Å². The second-order valence-corrected chi connectivity index (χ2v) is 3.37. The SMILES string of the molecule is O=C(O)CC(O)CNC1CNC(=O)C1. The molecule has 0 aromatic carbocycles. The van der Waals surface area contributed by atoms with Gasteiger partial charge in [0.15, 0.2) is 0 Å². The summed E-state index contributed by atoms with van der Waals surface area (Å²) in [5, 5.41) is 23.1. The number of hydrogen-bond acceptors (Lipinski definition) is 4. The van der Waals surface area contributed by atoms with E-state index in [9.17, 15) is 14.7 Å². The van der Waals surface area contributed by atoms with E-state index in [1.54, 1.807) is 0 Å². The molecule has 1 rings (SSSR count). The minimum Gasteiger partial charge on any atom is -0.481 e. The second-order valence-electron chi connectivity index (χ2n) is 3.37. The predicted molar refractivity (Wildman–Crippen MR) is 47.7 cm³/mol. The van der Waals surface area contributed by atoms with Crippen LogP contribution in [0.2, 0.25) is 0 Å². The molecule has 2 atom stereocenters. The molecule has 1 aliphatic rings. The van der Waals surface area contributed by atoms with Gasteiger partial charge >= 0.3 is 5.97 Å². The van der Waals surface area contributed by atoms with E-state index in [0.29, 0.717) is 13.0 Å². The summed E-state index contributed by atoms with van der Waals surface area (Å²) in [6, 6.07) is 0.00550. The third-order valence-corrected chi connectivity index (χ3v) is 2.03. The number of carbonyl (C=O) groups excluding carboxylic acids is 1. The zero-order valence-electron chi connectivity index (χ0n) is 7.69. The average molecular weight is 202 g/mol. The molecular weight excluding hydrogens is 188 g/mol. The summed E-state index contributed by atoms with van der Waals surface area (Å²) in [6.45, 7) is 0.741. The highest BCUT2D eigenvalue weighted by Crippen LogP contribution is 1.99. The standard InChI is InChI=1S/C8H14N2O4/c11-6(2-8(13)14)4-9-5-1-7(12)10-3-5/h5-6,9,11H,1-4H2,(H,10,12)(H,13,14). The molecule has 14 heavy (non-hydrogen) atoms. The molecule has 6 nitrogen and oxygen atoms in total. The van der Waals surface area contributed by atoms with Crippen LogP contribution >= 0.6 is 0 Å². The third kappa shape index (κ3) is 3.71. The Morgan fingerprint density at radius 2 is 2.43 bits per heavy atom. The zero-order chi connectivity index (χ0) is 10.6. The fourth-order valence-corrected chi connectivity index (χ4v) is 1.33. The number of carbonyl (C=O) groups is 2. The van der Waals surface area contributed by atoms with Crippen molar-refractivity contribution in [3.05, 3.63) is 0 Å². The summed E-state index contributed by atoms with van der Waals surface area (Å²) < 4.78 is 0. The average Bonchev–Trinajstić information content (AvgIpc) is 2.47. The minimum absolute atomic E-state index is 0.00550. The summed E-state index contributed by atoms with van der Waals surface area (Å²) in [5.41, 5.74) is 0. The van der Waals surface area contributed by atoms with Gasteiger partial charge in [-0.05, 0) is 0 Å². The van der Waals surface area contributed by atoms with Crippen molar-refractivity contribution < 1.29 is 19.8 Å². The van der Waals surface area contributed by atoms with E-state index in [0.717, 1.165) is 0 Å². The monoisotopic (exact) mass is 202 g/mol. The van der Waals surface area contributed by atoms with Crippen LogP contribution in [0.4, 0.5) is 0 Å². The highest BCUT2D eigenvalue weighted by Gasteiger charge is 2.21. The topological polar surface area (TPSA) is 98.7 Å². The Bertz CT molecular complexity index is 231. The molecule has 0 aliphatic carbocycles. The molecule has 6 heteroatoms. The number of hydrogen-bond donors (Lipinski definition) is 4. The highest BCUT2D eigenvalue weighted by molar-refractivity contribution is 5.78. The van der Waals surface area contributed by atoms with Gasteiger partial charge in [0.1, 0.15) is 0 Å². The van der Waals surface area contributed by atoms with Crippen LogP contribution in [0.3, 0.4) is 0 Å². The van der Waals surface area contributed by atoms with Crippen molar-refractivity contribution in [1.82, 2.24) is 10.6 Å². The van der Waals surface area contributed by atoms with Crippen molar-refractivity contribution in [3.63, 3.8) is 0 Å². The fraction of sp³-hybridized carbons (Fsp3) is 0.750. The number of aliphatic hydroxyl groups excluding tert-OH is 1. The molecule has 0 aromatic rings. The van der Waals surface area contributed by atoms with Crippen molar-refractivity contribution in [2.24, 2.45) is 0 Å². The lowest BCUT2D eigenvalue weighted by molar-refractivity contribution is -0.139. The summed E-state index contributed by atoms with van der Waals surface area (Å²) in [6.07, 6.45) is -0.788. The first-order valence-corrected chi connectivity index (χ1v) is 4.48. The Kier molecular flexibility index (Phi) is 3.84. The van der Waals surface area contributed by atoms with Crippen LogP contribution < -0.4 is 10.6 Å². The van der Waals surface area contributed by atoms with Gasteiger partial charge in [-0.15, -0.1) is 0 Å². The molecule has 1 aliphatic heterocycles. The molecule has 0 saturated carbocycles. The number of carboxylic acids is 1. The third-order valence-electron chi connectivity index (χ3n) is 2.03. The first-order chi connectivity index (χ1) is 6.58. The molecule has 2 unspecified atom stereocenters. The van der Waals surface area contributed by atoms with Gasteiger partial charge in [0.05, 0.1) is 12.5 Å². The van der Waals surface area contributed by atoms with Crippen molar-refractivity contribution in [2.75, 3.05) is 13.1 Å². The number of rotatable bonds is 5. The molecule has 0 aromatic heterocycles. The molecule has 0 spiro atoms. The van der Waals surface area contributed by atoms with Gasteiger partial charge in [-0.25, -0.2) is 0 Å². The van der Waals surface area contributed by atoms with E-state index < -0.39 is 12.1 Å². The lowest BCUT2D eigenvalue weighted by atomic mass is 10.2. The maximum Gasteiger partial charge on any atom is 0.306 e. The van der Waals surface area contributed by atoms with E-state index in [4.69, 9.17) is 5.11 Å². The van der Waals surface area contributed by atoms with E-state index in [2.05, 4.69) is 10.6 Å². The van der Waals surface area contributed by atoms with Gasteiger partial charge in [-0.1, -0.05) is 0 Å². The van der Waals surface area contributed by atoms with E-state index in [1.807, 2.05) is 0 Å². The summed E-state index contributed by atoms with van der Waals surface area (Å²) in [4.78, 5) is 21.0. The quantitative estimate of drug-likeness (QED) is 0.426. The van der Waals surface area contributed by atoms with Crippen LogP contribution in [0, 0.1) is 0 Å². The van der Waals surface area contributed by atoms with E-state index >= 15 is 0 Å². The summed E-state index contributed by atoms with van der Waals surface area (Å²) >= 11 is 0. The lowest BCUT2D eigenvalue weighted by Gasteiger charge is -2.13. The van der Waals surface area contributed by atoms with Crippen LogP contribution in [-0.4, -0.2) is 47.3 Å². The molecule has 0 bridgehead atoms. The molecule has 4 N–H and O–H groups in total. The van der Waals surface area contributed by atoms with Crippen LogP contribution in [-0.2, 0) is 9.59 Å². The van der Waals surface area contributed by atoms with Gasteiger partial charge in [-0.2, -0.15) is 0 Å². The smallest absolute Gasteiger partial charge is 0.306 e. The fourth-order valence-electron chi connectivity index (χ4n) is 1.33. The normalized spacial score (nSPS) is 23.2.